The second-order valence-electron chi connectivity index (χ2n) is 6.30. The van der Waals surface area contributed by atoms with Crippen LogP contribution in [0.1, 0.15) is 18.9 Å². The van der Waals surface area contributed by atoms with Crippen LogP contribution in [0, 0.1) is 0 Å². The number of aliphatic carboxylic acids is 2. The molecular formula is C18H24N4O7. The van der Waals surface area contributed by atoms with Crippen LogP contribution < -0.4 is 21.7 Å². The molecule has 158 valence electrons. The van der Waals surface area contributed by atoms with Crippen LogP contribution in [0.2, 0.25) is 0 Å². The maximum atomic E-state index is 12.2. The second kappa shape index (κ2) is 11.4. The topological polar surface area (TPSA) is 188 Å². The fourth-order valence-electron chi connectivity index (χ4n) is 2.28. The number of nitrogens with two attached hydrogens (primary N) is 1. The molecule has 1 aromatic carbocycles. The molecule has 11 heteroatoms. The van der Waals surface area contributed by atoms with Crippen molar-refractivity contribution in [1.82, 2.24) is 16.0 Å². The van der Waals surface area contributed by atoms with Gasteiger partial charge in [-0.3, -0.25) is 19.2 Å². The molecule has 1 rings (SSSR count). The first kappa shape index (κ1) is 23.6. The summed E-state index contributed by atoms with van der Waals surface area (Å²) in [5.74, 6) is -4.74. The third-order valence-corrected chi connectivity index (χ3v) is 3.82. The van der Waals surface area contributed by atoms with E-state index in [1.807, 2.05) is 0 Å². The Hall–Kier alpha value is -3.47. The van der Waals surface area contributed by atoms with Gasteiger partial charge in [0.15, 0.2) is 0 Å². The molecular weight excluding hydrogens is 384 g/mol. The molecule has 29 heavy (non-hydrogen) atoms. The number of carboxylic acid groups (broad SMARTS) is 2. The van der Waals surface area contributed by atoms with E-state index in [0.717, 1.165) is 5.56 Å². The van der Waals surface area contributed by atoms with Crippen molar-refractivity contribution in [1.29, 1.82) is 0 Å². The van der Waals surface area contributed by atoms with E-state index >= 15 is 0 Å². The normalized spacial score (nSPS) is 13.4. The van der Waals surface area contributed by atoms with Crippen molar-refractivity contribution in [3.8, 4) is 0 Å². The summed E-state index contributed by atoms with van der Waals surface area (Å²) in [5.41, 5.74) is 6.08. The van der Waals surface area contributed by atoms with Gasteiger partial charge in [0.05, 0.1) is 19.0 Å². The van der Waals surface area contributed by atoms with E-state index < -0.39 is 60.8 Å². The summed E-state index contributed by atoms with van der Waals surface area (Å²) in [7, 11) is 0. The van der Waals surface area contributed by atoms with Gasteiger partial charge in [-0.2, -0.15) is 0 Å². The minimum Gasteiger partial charge on any atom is -0.481 e. The van der Waals surface area contributed by atoms with E-state index in [9.17, 15) is 29.1 Å². The smallest absolute Gasteiger partial charge is 0.326 e. The van der Waals surface area contributed by atoms with Gasteiger partial charge in [0.1, 0.15) is 12.1 Å². The Morgan fingerprint density at radius 2 is 1.62 bits per heavy atom. The molecule has 11 nitrogen and oxygen atoms in total. The zero-order valence-electron chi connectivity index (χ0n) is 15.8. The van der Waals surface area contributed by atoms with Gasteiger partial charge < -0.3 is 31.9 Å². The molecule has 1 aromatic rings. The molecule has 0 saturated carbocycles. The predicted molar refractivity (Wildman–Crippen MR) is 101 cm³/mol. The van der Waals surface area contributed by atoms with Crippen LogP contribution in [0.4, 0.5) is 0 Å². The first-order valence-electron chi connectivity index (χ1n) is 8.71. The Labute approximate surface area is 166 Å². The van der Waals surface area contributed by atoms with Crippen molar-refractivity contribution in [2.45, 2.75) is 37.9 Å². The summed E-state index contributed by atoms with van der Waals surface area (Å²) in [5, 5.41) is 24.7. The molecule has 7 N–H and O–H groups in total. The maximum absolute atomic E-state index is 12.2. The van der Waals surface area contributed by atoms with Gasteiger partial charge in [-0.1, -0.05) is 30.3 Å². The molecule has 0 fully saturated rings. The maximum Gasteiger partial charge on any atom is 0.326 e. The average molecular weight is 408 g/mol. The Morgan fingerprint density at radius 1 is 1.00 bits per heavy atom. The zero-order valence-corrected chi connectivity index (χ0v) is 15.8. The molecule has 3 amide bonds. The lowest BCUT2D eigenvalue weighted by Crippen LogP contribution is -2.53. The zero-order chi connectivity index (χ0) is 22.0. The number of hydrogen-bond acceptors (Lipinski definition) is 6. The van der Waals surface area contributed by atoms with Crippen LogP contribution >= 0.6 is 0 Å². The van der Waals surface area contributed by atoms with Crippen LogP contribution in [-0.2, 0) is 30.4 Å². The molecule has 3 unspecified atom stereocenters. The van der Waals surface area contributed by atoms with Gasteiger partial charge in [0.2, 0.25) is 17.7 Å². The van der Waals surface area contributed by atoms with Gasteiger partial charge >= 0.3 is 11.9 Å². The van der Waals surface area contributed by atoms with E-state index in [4.69, 9.17) is 10.8 Å². The Morgan fingerprint density at radius 3 is 2.17 bits per heavy atom. The van der Waals surface area contributed by atoms with Gasteiger partial charge in [0.25, 0.3) is 0 Å². The summed E-state index contributed by atoms with van der Waals surface area (Å²) >= 11 is 0. The van der Waals surface area contributed by atoms with Crippen LogP contribution in [0.5, 0.6) is 0 Å². The van der Waals surface area contributed by atoms with E-state index in [1.54, 1.807) is 30.3 Å². The molecule has 0 saturated heterocycles. The summed E-state index contributed by atoms with van der Waals surface area (Å²) in [6, 6.07) is 5.17. The van der Waals surface area contributed by atoms with Gasteiger partial charge in [0, 0.05) is 6.42 Å². The average Bonchev–Trinajstić information content (AvgIpc) is 2.65. The van der Waals surface area contributed by atoms with Crippen molar-refractivity contribution in [3.63, 3.8) is 0 Å². The molecule has 0 aliphatic carbocycles. The first-order chi connectivity index (χ1) is 13.6. The third-order valence-electron chi connectivity index (χ3n) is 3.82. The van der Waals surface area contributed by atoms with Crippen LogP contribution in [0.3, 0.4) is 0 Å². The Balaban J connectivity index is 2.50. The summed E-state index contributed by atoms with van der Waals surface area (Å²) in [6.45, 7) is 0.836. The van der Waals surface area contributed by atoms with Crippen LogP contribution in [-0.4, -0.2) is 64.5 Å². The minimum absolute atomic E-state index is 0.0695. The summed E-state index contributed by atoms with van der Waals surface area (Å²) in [6.07, 6.45) is -0.523. The van der Waals surface area contributed by atoms with E-state index in [0.29, 0.717) is 0 Å². The number of benzene rings is 1. The van der Waals surface area contributed by atoms with Crippen molar-refractivity contribution in [3.05, 3.63) is 35.9 Å². The van der Waals surface area contributed by atoms with E-state index in [2.05, 4.69) is 16.0 Å². The molecule has 0 aliphatic rings. The van der Waals surface area contributed by atoms with Gasteiger partial charge in [-0.15, -0.1) is 0 Å². The largest absolute Gasteiger partial charge is 0.481 e. The molecule has 0 heterocycles. The highest BCUT2D eigenvalue weighted by molar-refractivity contribution is 5.93. The lowest BCUT2D eigenvalue weighted by atomic mass is 10.1. The fraction of sp³-hybridized carbons (Fsp3) is 0.389. The standard InChI is InChI=1S/C18H24N4O7/c1-10(21-14(23)9-20-17(27)12(19)8-15(24)25)16(26)22-13(18(28)29)7-11-5-3-2-4-6-11/h2-6,10,12-13H,7-9,19H2,1H3,(H,20,27)(H,21,23)(H,22,26)(H,24,25)(H,28,29). The summed E-state index contributed by atoms with van der Waals surface area (Å²) in [4.78, 5) is 57.5. The molecule has 0 aromatic heterocycles. The molecule has 0 radical (unpaired) electrons. The van der Waals surface area contributed by atoms with E-state index in [1.165, 1.54) is 6.92 Å². The summed E-state index contributed by atoms with van der Waals surface area (Å²) < 4.78 is 0. The van der Waals surface area contributed by atoms with Crippen molar-refractivity contribution >= 4 is 29.7 Å². The molecule has 0 bridgehead atoms. The number of nitrogens with one attached hydrogen (secondary N) is 3. The predicted octanol–water partition coefficient (Wildman–Crippen LogP) is -1.78. The van der Waals surface area contributed by atoms with Crippen molar-refractivity contribution < 1.29 is 34.2 Å². The number of amides is 3. The first-order valence-corrected chi connectivity index (χ1v) is 8.71. The molecule has 0 spiro atoms. The molecule has 3 atom stereocenters. The molecule has 0 aliphatic heterocycles. The highest BCUT2D eigenvalue weighted by Crippen LogP contribution is 2.04. The number of carboxylic acids is 2. The Bertz CT molecular complexity index is 754. The lowest BCUT2D eigenvalue weighted by molar-refractivity contribution is -0.142. The highest BCUT2D eigenvalue weighted by Gasteiger charge is 2.24. The lowest BCUT2D eigenvalue weighted by Gasteiger charge is -2.19. The van der Waals surface area contributed by atoms with Crippen molar-refractivity contribution in [2.24, 2.45) is 5.73 Å². The van der Waals surface area contributed by atoms with E-state index in [-0.39, 0.29) is 6.42 Å². The van der Waals surface area contributed by atoms with Crippen LogP contribution in [0.25, 0.3) is 0 Å². The second-order valence-corrected chi connectivity index (χ2v) is 6.30. The van der Waals surface area contributed by atoms with Crippen molar-refractivity contribution in [2.75, 3.05) is 6.54 Å². The number of hydrogen-bond donors (Lipinski definition) is 6. The Kier molecular flexibility index (Phi) is 9.26. The van der Waals surface area contributed by atoms with Gasteiger partial charge in [-0.25, -0.2) is 4.79 Å². The van der Waals surface area contributed by atoms with Gasteiger partial charge in [-0.05, 0) is 12.5 Å². The highest BCUT2D eigenvalue weighted by atomic mass is 16.4. The van der Waals surface area contributed by atoms with Crippen LogP contribution in [0.15, 0.2) is 30.3 Å². The minimum atomic E-state index is -1.31. The third kappa shape index (κ3) is 8.84. The monoisotopic (exact) mass is 408 g/mol. The number of carbonyl (C=O) groups excluding carboxylic acids is 3. The quantitative estimate of drug-likeness (QED) is 0.248. The number of rotatable bonds is 11. The number of carbonyl (C=O) groups is 5. The fourth-order valence-corrected chi connectivity index (χ4v) is 2.28. The SMILES string of the molecule is CC(NC(=O)CNC(=O)C(N)CC(=O)O)C(=O)NC(Cc1ccccc1)C(=O)O.